The molecule has 1 aromatic heterocycles. The number of methoxy groups -OCH3 is 3. The molecule has 31 heavy (non-hydrogen) atoms. The number of hydrogen-bond acceptors (Lipinski definition) is 4. The van der Waals surface area contributed by atoms with Crippen LogP contribution in [-0.4, -0.2) is 31.7 Å². The Morgan fingerprint density at radius 1 is 0.871 bits per heavy atom. The van der Waals surface area contributed by atoms with Gasteiger partial charge in [-0.05, 0) is 62.2 Å². The van der Waals surface area contributed by atoms with Crippen molar-refractivity contribution in [2.75, 3.05) is 21.3 Å². The highest BCUT2D eigenvalue weighted by molar-refractivity contribution is 6.17. The molecule has 0 saturated heterocycles. The first-order valence-corrected chi connectivity index (χ1v) is 10.2. The number of nitrogens with zero attached hydrogens (tertiary/aromatic N) is 1. The first-order chi connectivity index (χ1) is 14.8. The third-order valence-corrected chi connectivity index (χ3v) is 6.04. The fraction of sp³-hybridized carbons (Fsp3) is 0.269. The maximum Gasteiger partial charge on any atom is 0.203 e. The van der Waals surface area contributed by atoms with Crippen LogP contribution in [0.2, 0.25) is 0 Å². The average Bonchev–Trinajstić information content (AvgIpc) is 3.06. The van der Waals surface area contributed by atoms with Crippen molar-refractivity contribution in [2.24, 2.45) is 7.05 Å². The molecule has 0 atom stereocenters. The number of hydrogen-bond donors (Lipinski definition) is 0. The molecule has 0 saturated carbocycles. The fourth-order valence-corrected chi connectivity index (χ4v) is 4.53. The van der Waals surface area contributed by atoms with Crippen LogP contribution in [0.1, 0.15) is 32.6 Å². The van der Waals surface area contributed by atoms with Crippen molar-refractivity contribution in [3.8, 4) is 17.2 Å². The number of ether oxygens (including phenoxy) is 3. The summed E-state index contributed by atoms with van der Waals surface area (Å²) >= 11 is 0. The van der Waals surface area contributed by atoms with Crippen molar-refractivity contribution in [3.05, 3.63) is 64.2 Å². The largest absolute Gasteiger partial charge is 0.493 e. The Hall–Kier alpha value is -3.47. The van der Waals surface area contributed by atoms with Gasteiger partial charge in [0.1, 0.15) is 0 Å². The number of rotatable bonds is 5. The second-order valence-corrected chi connectivity index (χ2v) is 7.91. The molecule has 0 amide bonds. The average molecular weight is 418 g/mol. The zero-order chi connectivity index (χ0) is 22.4. The van der Waals surface area contributed by atoms with Crippen molar-refractivity contribution in [2.45, 2.75) is 20.8 Å². The molecule has 160 valence electrons. The van der Waals surface area contributed by atoms with Crippen LogP contribution in [0.5, 0.6) is 17.2 Å². The van der Waals surface area contributed by atoms with Gasteiger partial charge >= 0.3 is 0 Å². The molecular formula is C26H27NO4. The summed E-state index contributed by atoms with van der Waals surface area (Å²) < 4.78 is 18.5. The van der Waals surface area contributed by atoms with E-state index in [1.807, 2.05) is 13.0 Å². The third kappa shape index (κ3) is 3.12. The molecule has 5 nitrogen and oxygen atoms in total. The van der Waals surface area contributed by atoms with E-state index in [0.29, 0.717) is 28.4 Å². The van der Waals surface area contributed by atoms with Crippen molar-refractivity contribution >= 4 is 27.6 Å². The Bertz CT molecular complexity index is 1320. The van der Waals surface area contributed by atoms with Gasteiger partial charge in [0.2, 0.25) is 5.75 Å². The summed E-state index contributed by atoms with van der Waals surface area (Å²) in [5.74, 6) is 1.31. The van der Waals surface area contributed by atoms with Gasteiger partial charge in [-0.25, -0.2) is 0 Å². The van der Waals surface area contributed by atoms with E-state index in [2.05, 4.69) is 43.7 Å². The first kappa shape index (κ1) is 20.8. The molecule has 4 rings (SSSR count). The Kier molecular flexibility index (Phi) is 5.13. The highest BCUT2D eigenvalue weighted by Gasteiger charge is 2.22. The predicted molar refractivity (Wildman–Crippen MR) is 124 cm³/mol. The molecule has 0 aliphatic carbocycles. The molecule has 0 radical (unpaired) electrons. The first-order valence-electron chi connectivity index (χ1n) is 10.2. The number of carbonyl (C=O) groups excluding carboxylic acids is 1. The van der Waals surface area contributed by atoms with E-state index in [1.54, 1.807) is 33.5 Å². The Labute approximate surface area is 182 Å². The summed E-state index contributed by atoms with van der Waals surface area (Å²) in [6.45, 7) is 6.17. The summed E-state index contributed by atoms with van der Waals surface area (Å²) in [5.41, 5.74) is 6.70. The zero-order valence-electron chi connectivity index (χ0n) is 19.0. The van der Waals surface area contributed by atoms with Crippen LogP contribution in [0.4, 0.5) is 0 Å². The number of fused-ring (bicyclic) bond motifs is 3. The second kappa shape index (κ2) is 7.65. The fourth-order valence-electron chi connectivity index (χ4n) is 4.53. The minimum absolute atomic E-state index is 0.0774. The van der Waals surface area contributed by atoms with Crippen LogP contribution in [0.3, 0.4) is 0 Å². The number of aryl methyl sites for hydroxylation is 4. The van der Waals surface area contributed by atoms with E-state index in [9.17, 15) is 4.79 Å². The molecular weight excluding hydrogens is 390 g/mol. The highest BCUT2D eigenvalue weighted by Crippen LogP contribution is 2.40. The molecule has 0 aliphatic heterocycles. The van der Waals surface area contributed by atoms with Crippen LogP contribution in [0.25, 0.3) is 21.8 Å². The number of carbonyl (C=O) groups is 1. The minimum Gasteiger partial charge on any atom is -0.493 e. The topological polar surface area (TPSA) is 49.7 Å². The smallest absolute Gasteiger partial charge is 0.203 e. The molecule has 0 N–H and O–H groups in total. The van der Waals surface area contributed by atoms with Gasteiger partial charge in [0, 0.05) is 34.5 Å². The Morgan fingerprint density at radius 2 is 1.52 bits per heavy atom. The van der Waals surface area contributed by atoms with Gasteiger partial charge in [0.25, 0.3) is 0 Å². The lowest BCUT2D eigenvalue weighted by atomic mass is 9.93. The normalized spacial score (nSPS) is 11.2. The van der Waals surface area contributed by atoms with Gasteiger partial charge in [0.15, 0.2) is 17.3 Å². The van der Waals surface area contributed by atoms with Gasteiger partial charge in [-0.15, -0.1) is 0 Å². The predicted octanol–water partition coefficient (Wildman–Crippen LogP) is 5.51. The van der Waals surface area contributed by atoms with Gasteiger partial charge in [-0.2, -0.15) is 0 Å². The number of ketones is 1. The molecule has 0 fully saturated rings. The van der Waals surface area contributed by atoms with Crippen molar-refractivity contribution in [1.29, 1.82) is 0 Å². The van der Waals surface area contributed by atoms with Crippen LogP contribution >= 0.6 is 0 Å². The minimum atomic E-state index is -0.0774. The Morgan fingerprint density at radius 3 is 2.10 bits per heavy atom. The summed E-state index contributed by atoms with van der Waals surface area (Å²) in [5, 5.41) is 2.29. The highest BCUT2D eigenvalue weighted by atomic mass is 16.5. The quantitative estimate of drug-likeness (QED) is 0.402. The molecule has 0 unspecified atom stereocenters. The van der Waals surface area contributed by atoms with E-state index < -0.39 is 0 Å². The molecule has 5 heteroatoms. The lowest BCUT2D eigenvalue weighted by Gasteiger charge is -2.15. The molecule has 1 heterocycles. The Balaban J connectivity index is 1.99. The molecule has 0 aliphatic rings. The summed E-state index contributed by atoms with van der Waals surface area (Å²) in [6, 6.07) is 11.8. The van der Waals surface area contributed by atoms with Crippen LogP contribution in [-0.2, 0) is 7.05 Å². The van der Waals surface area contributed by atoms with E-state index in [-0.39, 0.29) is 5.78 Å². The van der Waals surface area contributed by atoms with Crippen LogP contribution in [0.15, 0.2) is 36.4 Å². The lowest BCUT2D eigenvalue weighted by Crippen LogP contribution is -2.07. The van der Waals surface area contributed by atoms with Crippen LogP contribution < -0.4 is 14.2 Å². The van der Waals surface area contributed by atoms with E-state index in [0.717, 1.165) is 32.9 Å². The summed E-state index contributed by atoms with van der Waals surface area (Å²) in [4.78, 5) is 13.7. The third-order valence-electron chi connectivity index (χ3n) is 6.04. The molecule has 3 aromatic carbocycles. The van der Waals surface area contributed by atoms with E-state index in [1.165, 1.54) is 5.56 Å². The zero-order valence-corrected chi connectivity index (χ0v) is 19.0. The van der Waals surface area contributed by atoms with E-state index in [4.69, 9.17) is 14.2 Å². The molecule has 0 bridgehead atoms. The standard InChI is InChI=1S/C26H27NO4/c1-14-8-9-20-19(10-14)23-16(3)18(11-15(2)24(23)27(20)4)25(28)17-12-21(29-5)26(31-7)22(13-17)30-6/h8-13H,1-7H3. The van der Waals surface area contributed by atoms with Gasteiger partial charge < -0.3 is 18.8 Å². The summed E-state index contributed by atoms with van der Waals surface area (Å²) in [7, 11) is 6.72. The van der Waals surface area contributed by atoms with Gasteiger partial charge in [-0.3, -0.25) is 4.79 Å². The number of benzene rings is 3. The van der Waals surface area contributed by atoms with Crippen molar-refractivity contribution in [1.82, 2.24) is 4.57 Å². The van der Waals surface area contributed by atoms with Crippen molar-refractivity contribution in [3.63, 3.8) is 0 Å². The van der Waals surface area contributed by atoms with Gasteiger partial charge in [0.05, 0.1) is 26.8 Å². The molecule has 0 spiro atoms. The van der Waals surface area contributed by atoms with Gasteiger partial charge in [-0.1, -0.05) is 11.6 Å². The molecule has 4 aromatic rings. The monoisotopic (exact) mass is 417 g/mol. The summed E-state index contributed by atoms with van der Waals surface area (Å²) in [6.07, 6.45) is 0. The van der Waals surface area contributed by atoms with E-state index >= 15 is 0 Å². The van der Waals surface area contributed by atoms with Crippen LogP contribution in [0, 0.1) is 20.8 Å². The maximum absolute atomic E-state index is 13.7. The lowest BCUT2D eigenvalue weighted by molar-refractivity contribution is 0.103. The maximum atomic E-state index is 13.7. The SMILES string of the molecule is COc1cc(C(=O)c2cc(C)c3c(c2C)c2cc(C)ccc2n3C)cc(OC)c1OC. The number of aromatic nitrogens is 1. The van der Waals surface area contributed by atoms with Crippen molar-refractivity contribution < 1.29 is 19.0 Å². The second-order valence-electron chi connectivity index (χ2n) is 7.91.